The third-order valence-electron chi connectivity index (χ3n) is 2.96. The first-order chi connectivity index (χ1) is 7.81. The average Bonchev–Trinajstić information content (AvgIpc) is 2.83. The summed E-state index contributed by atoms with van der Waals surface area (Å²) < 4.78 is 5.43. The van der Waals surface area contributed by atoms with Crippen molar-refractivity contribution in [2.24, 2.45) is 0 Å². The van der Waals surface area contributed by atoms with Gasteiger partial charge in [-0.2, -0.15) is 0 Å². The molecule has 0 aliphatic carbocycles. The van der Waals surface area contributed by atoms with Gasteiger partial charge in [0.05, 0.1) is 24.6 Å². The normalized spacial score (nSPS) is 22.2. The number of rotatable bonds is 4. The fraction of sp³-hybridized carbons (Fsp3) is 0.583. The molecule has 0 spiro atoms. The van der Waals surface area contributed by atoms with Crippen molar-refractivity contribution in [1.82, 2.24) is 4.90 Å². The lowest BCUT2D eigenvalue weighted by molar-refractivity contribution is -0.00579. The van der Waals surface area contributed by atoms with E-state index >= 15 is 0 Å². The highest BCUT2D eigenvalue weighted by atomic mass is 32.1. The molecule has 88 valence electrons. The van der Waals surface area contributed by atoms with Gasteiger partial charge in [0.15, 0.2) is 5.78 Å². The monoisotopic (exact) mass is 239 g/mol. The van der Waals surface area contributed by atoms with Gasteiger partial charge in [0.25, 0.3) is 0 Å². The van der Waals surface area contributed by atoms with Gasteiger partial charge in [-0.15, -0.1) is 11.3 Å². The Kier molecular flexibility index (Phi) is 4.09. The zero-order valence-electron chi connectivity index (χ0n) is 9.52. The standard InChI is InChI=1S/C12H17NO2S/c1-2-10-9-15-6-5-13(10)8-11(14)12-4-3-7-16-12/h3-4,7,10H,2,5-6,8-9H2,1H3. The largest absolute Gasteiger partial charge is 0.378 e. The van der Waals surface area contributed by atoms with Crippen molar-refractivity contribution in [2.45, 2.75) is 19.4 Å². The third kappa shape index (κ3) is 2.70. The van der Waals surface area contributed by atoms with Crippen molar-refractivity contribution >= 4 is 17.1 Å². The molecule has 0 N–H and O–H groups in total. The molecule has 0 radical (unpaired) electrons. The quantitative estimate of drug-likeness (QED) is 0.753. The Hall–Kier alpha value is -0.710. The topological polar surface area (TPSA) is 29.5 Å². The van der Waals surface area contributed by atoms with E-state index in [1.54, 1.807) is 0 Å². The maximum atomic E-state index is 12.0. The summed E-state index contributed by atoms with van der Waals surface area (Å²) in [7, 11) is 0. The molecule has 3 nitrogen and oxygen atoms in total. The number of thiophene rings is 1. The van der Waals surface area contributed by atoms with Gasteiger partial charge in [-0.25, -0.2) is 0 Å². The molecule has 1 aromatic heterocycles. The maximum absolute atomic E-state index is 12.0. The van der Waals surface area contributed by atoms with Crippen molar-refractivity contribution < 1.29 is 9.53 Å². The molecule has 1 aliphatic heterocycles. The van der Waals surface area contributed by atoms with E-state index in [-0.39, 0.29) is 5.78 Å². The van der Waals surface area contributed by atoms with Gasteiger partial charge < -0.3 is 4.74 Å². The second-order valence-electron chi connectivity index (χ2n) is 4.01. The minimum Gasteiger partial charge on any atom is -0.378 e. The molecule has 1 aliphatic rings. The van der Waals surface area contributed by atoms with Crippen molar-refractivity contribution in [3.63, 3.8) is 0 Å². The van der Waals surface area contributed by atoms with Crippen LogP contribution in [0.1, 0.15) is 23.0 Å². The fourth-order valence-electron chi connectivity index (χ4n) is 1.97. The number of hydrogen-bond donors (Lipinski definition) is 0. The van der Waals surface area contributed by atoms with Gasteiger partial charge >= 0.3 is 0 Å². The summed E-state index contributed by atoms with van der Waals surface area (Å²) in [5.41, 5.74) is 0. The van der Waals surface area contributed by atoms with Gasteiger partial charge in [-0.3, -0.25) is 9.69 Å². The SMILES string of the molecule is CCC1COCCN1CC(=O)c1cccs1. The highest BCUT2D eigenvalue weighted by Gasteiger charge is 2.23. The minimum absolute atomic E-state index is 0.232. The lowest BCUT2D eigenvalue weighted by Gasteiger charge is -2.34. The van der Waals surface area contributed by atoms with Gasteiger partial charge in [0, 0.05) is 12.6 Å². The van der Waals surface area contributed by atoms with Crippen LogP contribution in [0.3, 0.4) is 0 Å². The molecule has 1 atom stereocenters. The average molecular weight is 239 g/mol. The van der Waals surface area contributed by atoms with Crippen LogP contribution in [0.4, 0.5) is 0 Å². The molecule has 0 bridgehead atoms. The number of hydrogen-bond acceptors (Lipinski definition) is 4. The Balaban J connectivity index is 1.95. The molecule has 0 saturated carbocycles. The van der Waals surface area contributed by atoms with E-state index in [1.807, 2.05) is 17.5 Å². The number of carbonyl (C=O) groups is 1. The van der Waals surface area contributed by atoms with E-state index < -0.39 is 0 Å². The van der Waals surface area contributed by atoms with Crippen LogP contribution in [0, 0.1) is 0 Å². The molecule has 0 amide bonds. The third-order valence-corrected chi connectivity index (χ3v) is 3.87. The molecule has 2 heterocycles. The Morgan fingerprint density at radius 1 is 1.69 bits per heavy atom. The van der Waals surface area contributed by atoms with Crippen molar-refractivity contribution in [2.75, 3.05) is 26.3 Å². The Morgan fingerprint density at radius 3 is 3.25 bits per heavy atom. The summed E-state index contributed by atoms with van der Waals surface area (Å²) >= 11 is 1.52. The number of morpholine rings is 1. The highest BCUT2D eigenvalue weighted by Crippen LogP contribution is 2.14. The zero-order chi connectivity index (χ0) is 11.4. The highest BCUT2D eigenvalue weighted by molar-refractivity contribution is 7.12. The molecule has 1 unspecified atom stereocenters. The Bertz CT molecular complexity index is 337. The summed E-state index contributed by atoms with van der Waals surface area (Å²) in [5.74, 6) is 0.232. The predicted molar refractivity (Wildman–Crippen MR) is 65.1 cm³/mol. The van der Waals surface area contributed by atoms with Crippen LogP contribution in [-0.4, -0.2) is 43.0 Å². The first-order valence-corrected chi connectivity index (χ1v) is 6.57. The molecule has 2 rings (SSSR count). The maximum Gasteiger partial charge on any atom is 0.186 e. The van der Waals surface area contributed by atoms with Gasteiger partial charge in [0.2, 0.25) is 0 Å². The van der Waals surface area contributed by atoms with E-state index in [4.69, 9.17) is 4.74 Å². The Labute approximate surface area is 100 Å². The molecular weight excluding hydrogens is 222 g/mol. The molecule has 1 saturated heterocycles. The number of Topliss-reactive ketones (excluding diaryl/α,β-unsaturated/α-hetero) is 1. The second-order valence-corrected chi connectivity index (χ2v) is 4.96. The number of ether oxygens (including phenoxy) is 1. The minimum atomic E-state index is 0.232. The lowest BCUT2D eigenvalue weighted by Crippen LogP contribution is -2.47. The van der Waals surface area contributed by atoms with Crippen LogP contribution >= 0.6 is 11.3 Å². The lowest BCUT2D eigenvalue weighted by atomic mass is 10.1. The number of carbonyl (C=O) groups excluding carboxylic acids is 1. The number of nitrogens with zero attached hydrogens (tertiary/aromatic N) is 1. The van der Waals surface area contributed by atoms with Crippen molar-refractivity contribution in [3.05, 3.63) is 22.4 Å². The smallest absolute Gasteiger partial charge is 0.186 e. The fourth-order valence-corrected chi connectivity index (χ4v) is 2.63. The van der Waals surface area contributed by atoms with Gasteiger partial charge in [-0.05, 0) is 17.9 Å². The van der Waals surface area contributed by atoms with Gasteiger partial charge in [0.1, 0.15) is 0 Å². The molecule has 4 heteroatoms. The first kappa shape index (κ1) is 11.8. The van der Waals surface area contributed by atoms with Crippen molar-refractivity contribution in [3.8, 4) is 0 Å². The van der Waals surface area contributed by atoms with E-state index in [9.17, 15) is 4.79 Å². The number of ketones is 1. The van der Waals surface area contributed by atoms with Crippen LogP contribution in [0.2, 0.25) is 0 Å². The van der Waals surface area contributed by atoms with Crippen LogP contribution < -0.4 is 0 Å². The van der Waals surface area contributed by atoms with E-state index in [2.05, 4.69) is 11.8 Å². The summed E-state index contributed by atoms with van der Waals surface area (Å²) in [5, 5.41) is 1.95. The molecule has 0 aromatic carbocycles. The molecular formula is C12H17NO2S. The molecule has 1 aromatic rings. The predicted octanol–water partition coefficient (Wildman–Crippen LogP) is 2.04. The molecule has 1 fully saturated rings. The van der Waals surface area contributed by atoms with E-state index in [0.717, 1.165) is 31.1 Å². The van der Waals surface area contributed by atoms with Crippen LogP contribution in [-0.2, 0) is 4.74 Å². The van der Waals surface area contributed by atoms with Crippen molar-refractivity contribution in [1.29, 1.82) is 0 Å². The summed E-state index contributed by atoms with van der Waals surface area (Å²) in [4.78, 5) is 15.1. The zero-order valence-corrected chi connectivity index (χ0v) is 10.3. The summed E-state index contributed by atoms with van der Waals surface area (Å²) in [6.07, 6.45) is 1.04. The second kappa shape index (κ2) is 5.57. The van der Waals surface area contributed by atoms with Gasteiger partial charge in [-0.1, -0.05) is 13.0 Å². The van der Waals surface area contributed by atoms with E-state index in [1.165, 1.54) is 11.3 Å². The summed E-state index contributed by atoms with van der Waals surface area (Å²) in [6, 6.07) is 4.22. The van der Waals surface area contributed by atoms with E-state index in [0.29, 0.717) is 12.6 Å². The van der Waals surface area contributed by atoms with Crippen LogP contribution in [0.15, 0.2) is 17.5 Å². The molecule has 16 heavy (non-hydrogen) atoms. The Morgan fingerprint density at radius 2 is 2.56 bits per heavy atom. The van der Waals surface area contributed by atoms with Crippen LogP contribution in [0.25, 0.3) is 0 Å². The first-order valence-electron chi connectivity index (χ1n) is 5.69. The summed E-state index contributed by atoms with van der Waals surface area (Å²) in [6.45, 7) is 5.04. The van der Waals surface area contributed by atoms with Crippen LogP contribution in [0.5, 0.6) is 0 Å².